The predicted octanol–water partition coefficient (Wildman–Crippen LogP) is 2.88. The molecule has 2 N–H and O–H groups in total. The highest BCUT2D eigenvalue weighted by Crippen LogP contribution is 2.21. The molecule has 27 heavy (non-hydrogen) atoms. The zero-order valence-corrected chi connectivity index (χ0v) is 19.1. The van der Waals surface area contributed by atoms with Gasteiger partial charge in [0.2, 0.25) is 0 Å². The lowest BCUT2D eigenvalue weighted by molar-refractivity contribution is 0.177. The van der Waals surface area contributed by atoms with E-state index in [2.05, 4.69) is 25.7 Å². The van der Waals surface area contributed by atoms with Gasteiger partial charge < -0.3 is 15.4 Å². The van der Waals surface area contributed by atoms with E-state index in [4.69, 9.17) is 4.74 Å². The van der Waals surface area contributed by atoms with E-state index in [0.717, 1.165) is 49.5 Å². The van der Waals surface area contributed by atoms with Crippen LogP contribution in [0.15, 0.2) is 4.99 Å². The van der Waals surface area contributed by atoms with Crippen molar-refractivity contribution in [2.45, 2.75) is 77.0 Å². The summed E-state index contributed by atoms with van der Waals surface area (Å²) in [5, 5.41) is 11.7. The van der Waals surface area contributed by atoms with E-state index < -0.39 is 0 Å². The number of aliphatic imine (C=N–C) groups is 1. The number of fused-ring (bicyclic) bond motifs is 1. The first-order valence-electron chi connectivity index (χ1n) is 10.2. The molecule has 1 fully saturated rings. The lowest BCUT2D eigenvalue weighted by Crippen LogP contribution is -2.48. The highest BCUT2D eigenvalue weighted by molar-refractivity contribution is 14.0. The molecule has 2 heterocycles. The van der Waals surface area contributed by atoms with Crippen molar-refractivity contribution in [1.29, 1.82) is 0 Å². The van der Waals surface area contributed by atoms with Crippen LogP contribution in [-0.4, -0.2) is 47.5 Å². The summed E-state index contributed by atoms with van der Waals surface area (Å²) in [5.41, 5.74) is 0. The topological polar surface area (TPSA) is 76.4 Å². The normalized spacial score (nSPS) is 21.6. The Morgan fingerprint density at radius 3 is 2.63 bits per heavy atom. The number of hydrogen-bond donors (Lipinski definition) is 2. The van der Waals surface area contributed by atoms with E-state index in [1.165, 1.54) is 44.9 Å². The summed E-state index contributed by atoms with van der Waals surface area (Å²) in [6, 6.07) is 0.336. The minimum atomic E-state index is 0. The lowest BCUT2D eigenvalue weighted by Gasteiger charge is -2.26. The number of rotatable bonds is 5. The van der Waals surface area contributed by atoms with Gasteiger partial charge in [-0.05, 0) is 25.2 Å². The average Bonchev–Trinajstić information content (AvgIpc) is 3.01. The molecule has 1 aromatic rings. The zero-order valence-electron chi connectivity index (χ0n) is 16.7. The maximum absolute atomic E-state index is 5.14. The average molecular weight is 490 g/mol. The van der Waals surface area contributed by atoms with Crippen molar-refractivity contribution in [2.75, 3.05) is 20.7 Å². The summed E-state index contributed by atoms with van der Waals surface area (Å²) in [4.78, 5) is 8.97. The van der Waals surface area contributed by atoms with E-state index in [-0.39, 0.29) is 24.0 Å². The number of aryl methyl sites for hydroxylation is 1. The van der Waals surface area contributed by atoms with Crippen molar-refractivity contribution in [3.8, 4) is 0 Å². The standard InChI is InChI=1S/C19H34N6O.HI/c1-20-19(21-12-15-8-6-4-3-5-7-9-15)22-16-10-11-18-23-17(14-26-2)24-25(18)13-16;/h15-16H,3-14H2,1-2H3,(H2,20,21,22);1H. The molecule has 0 amide bonds. The Morgan fingerprint density at radius 2 is 1.93 bits per heavy atom. The van der Waals surface area contributed by atoms with Gasteiger partial charge in [0.05, 0.1) is 6.54 Å². The molecule has 154 valence electrons. The largest absolute Gasteiger partial charge is 0.377 e. The number of hydrogen-bond acceptors (Lipinski definition) is 4. The monoisotopic (exact) mass is 490 g/mol. The van der Waals surface area contributed by atoms with E-state index >= 15 is 0 Å². The summed E-state index contributed by atoms with van der Waals surface area (Å²) < 4.78 is 7.15. The van der Waals surface area contributed by atoms with Crippen molar-refractivity contribution in [3.05, 3.63) is 11.6 Å². The molecule has 1 aliphatic carbocycles. The molecular formula is C19H35IN6O. The van der Waals surface area contributed by atoms with Gasteiger partial charge in [0.1, 0.15) is 12.4 Å². The highest BCUT2D eigenvalue weighted by Gasteiger charge is 2.22. The molecule has 0 saturated heterocycles. The maximum Gasteiger partial charge on any atom is 0.191 e. The fourth-order valence-electron chi connectivity index (χ4n) is 4.04. The molecule has 1 aromatic heterocycles. The molecule has 1 aliphatic heterocycles. The number of guanidine groups is 1. The zero-order chi connectivity index (χ0) is 18.2. The van der Waals surface area contributed by atoms with Gasteiger partial charge in [0.15, 0.2) is 11.8 Å². The minimum absolute atomic E-state index is 0. The van der Waals surface area contributed by atoms with E-state index in [0.29, 0.717) is 12.6 Å². The first kappa shape index (κ1) is 22.4. The molecule has 0 bridgehead atoms. The molecular weight excluding hydrogens is 455 g/mol. The van der Waals surface area contributed by atoms with Crippen LogP contribution in [0.3, 0.4) is 0 Å². The number of methoxy groups -OCH3 is 1. The van der Waals surface area contributed by atoms with Crippen molar-refractivity contribution in [1.82, 2.24) is 25.4 Å². The van der Waals surface area contributed by atoms with Crippen LogP contribution in [0.25, 0.3) is 0 Å². The van der Waals surface area contributed by atoms with Crippen LogP contribution in [0.5, 0.6) is 0 Å². The van der Waals surface area contributed by atoms with E-state index in [1.54, 1.807) is 7.11 Å². The van der Waals surface area contributed by atoms with Gasteiger partial charge in [-0.25, -0.2) is 9.67 Å². The number of halogens is 1. The third-order valence-corrected chi connectivity index (χ3v) is 5.52. The minimum Gasteiger partial charge on any atom is -0.377 e. The smallest absolute Gasteiger partial charge is 0.191 e. The van der Waals surface area contributed by atoms with Gasteiger partial charge in [-0.15, -0.1) is 24.0 Å². The second kappa shape index (κ2) is 11.8. The Labute approximate surface area is 180 Å². The van der Waals surface area contributed by atoms with Crippen LogP contribution in [0, 0.1) is 5.92 Å². The van der Waals surface area contributed by atoms with Crippen LogP contribution in [0.4, 0.5) is 0 Å². The van der Waals surface area contributed by atoms with Crippen LogP contribution in [0.2, 0.25) is 0 Å². The summed E-state index contributed by atoms with van der Waals surface area (Å²) in [6.07, 6.45) is 11.6. The molecule has 1 unspecified atom stereocenters. The Morgan fingerprint density at radius 1 is 1.19 bits per heavy atom. The van der Waals surface area contributed by atoms with Crippen molar-refractivity contribution >= 4 is 29.9 Å². The van der Waals surface area contributed by atoms with Gasteiger partial charge >= 0.3 is 0 Å². The highest BCUT2D eigenvalue weighted by atomic mass is 127. The number of aromatic nitrogens is 3. The summed E-state index contributed by atoms with van der Waals surface area (Å²) >= 11 is 0. The van der Waals surface area contributed by atoms with Crippen LogP contribution in [0.1, 0.15) is 63.0 Å². The fourth-order valence-corrected chi connectivity index (χ4v) is 4.04. The molecule has 3 rings (SSSR count). The second-order valence-corrected chi connectivity index (χ2v) is 7.60. The van der Waals surface area contributed by atoms with E-state index in [9.17, 15) is 0 Å². The second-order valence-electron chi connectivity index (χ2n) is 7.60. The van der Waals surface area contributed by atoms with Crippen molar-refractivity contribution in [2.24, 2.45) is 10.9 Å². The Balaban J connectivity index is 0.00000261. The third kappa shape index (κ3) is 6.89. The Bertz CT molecular complexity index is 583. The first-order valence-corrected chi connectivity index (χ1v) is 10.2. The number of nitrogens with zero attached hydrogens (tertiary/aromatic N) is 4. The number of ether oxygens (including phenoxy) is 1. The molecule has 0 aromatic carbocycles. The van der Waals surface area contributed by atoms with Gasteiger partial charge in [-0.2, -0.15) is 5.10 Å². The van der Waals surface area contributed by atoms with Gasteiger partial charge in [-0.3, -0.25) is 4.99 Å². The fraction of sp³-hybridized carbons (Fsp3) is 0.842. The predicted molar refractivity (Wildman–Crippen MR) is 119 cm³/mol. The lowest BCUT2D eigenvalue weighted by atomic mass is 9.91. The first-order chi connectivity index (χ1) is 12.8. The molecule has 7 nitrogen and oxygen atoms in total. The Hall–Kier alpha value is -0.900. The molecule has 1 atom stereocenters. The van der Waals surface area contributed by atoms with Gasteiger partial charge in [0.25, 0.3) is 0 Å². The van der Waals surface area contributed by atoms with Gasteiger partial charge in [-0.1, -0.05) is 32.1 Å². The van der Waals surface area contributed by atoms with Crippen molar-refractivity contribution < 1.29 is 4.74 Å². The SMILES string of the molecule is CN=C(NCC1CCCCCCC1)NC1CCc2nc(COC)nn2C1.I. The molecule has 0 radical (unpaired) electrons. The summed E-state index contributed by atoms with van der Waals surface area (Å²) in [7, 11) is 3.53. The molecule has 1 saturated carbocycles. The van der Waals surface area contributed by atoms with Gasteiger partial charge in [0, 0.05) is 33.2 Å². The maximum atomic E-state index is 5.14. The van der Waals surface area contributed by atoms with Crippen LogP contribution < -0.4 is 10.6 Å². The summed E-state index contributed by atoms with van der Waals surface area (Å²) in [6.45, 7) is 2.33. The number of nitrogens with one attached hydrogen (secondary N) is 2. The van der Waals surface area contributed by atoms with Crippen molar-refractivity contribution in [3.63, 3.8) is 0 Å². The molecule has 2 aliphatic rings. The Kier molecular flexibility index (Phi) is 9.81. The molecule has 8 heteroatoms. The van der Waals surface area contributed by atoms with Crippen LogP contribution in [-0.2, 0) is 24.3 Å². The van der Waals surface area contributed by atoms with Crippen LogP contribution >= 0.6 is 24.0 Å². The van der Waals surface area contributed by atoms with E-state index in [1.807, 2.05) is 11.7 Å². The third-order valence-electron chi connectivity index (χ3n) is 5.52. The quantitative estimate of drug-likeness (QED) is 0.377. The summed E-state index contributed by atoms with van der Waals surface area (Å²) in [5.74, 6) is 3.53. The molecule has 0 spiro atoms.